The summed E-state index contributed by atoms with van der Waals surface area (Å²) in [7, 11) is 0. The lowest BCUT2D eigenvalue weighted by Gasteiger charge is -2.05. The molecule has 0 radical (unpaired) electrons. The van der Waals surface area contributed by atoms with Crippen LogP contribution in [0.1, 0.15) is 6.42 Å². The Labute approximate surface area is 112 Å². The van der Waals surface area contributed by atoms with Crippen LogP contribution in [0.2, 0.25) is 0 Å². The van der Waals surface area contributed by atoms with Gasteiger partial charge in [-0.1, -0.05) is 29.5 Å². The van der Waals surface area contributed by atoms with Crippen LogP contribution in [-0.2, 0) is 0 Å². The summed E-state index contributed by atoms with van der Waals surface area (Å²) in [4.78, 5) is 0. The van der Waals surface area contributed by atoms with E-state index >= 15 is 0 Å². The van der Waals surface area contributed by atoms with Gasteiger partial charge >= 0.3 is 0 Å². The largest absolute Gasteiger partial charge is 0.494 e. The van der Waals surface area contributed by atoms with Gasteiger partial charge in [-0.05, 0) is 34.5 Å². The molecule has 0 atom stereocenters. The number of rotatable bonds is 6. The molecule has 6 heteroatoms. The zero-order valence-electron chi connectivity index (χ0n) is 9.10. The van der Waals surface area contributed by atoms with E-state index in [1.165, 1.54) is 11.3 Å². The molecule has 0 saturated carbocycles. The Bertz CT molecular complexity index is 449. The van der Waals surface area contributed by atoms with Gasteiger partial charge in [0, 0.05) is 6.54 Å². The van der Waals surface area contributed by atoms with Crippen LogP contribution in [0, 0.1) is 0 Å². The summed E-state index contributed by atoms with van der Waals surface area (Å²) in [5.74, 6) is 0.908. The summed E-state index contributed by atoms with van der Waals surface area (Å²) in [6.45, 7) is 1.52. The van der Waals surface area contributed by atoms with Crippen LogP contribution in [0.4, 0.5) is 5.13 Å². The van der Waals surface area contributed by atoms with Crippen LogP contribution in [0.15, 0.2) is 34.2 Å². The molecule has 0 fully saturated rings. The average Bonchev–Trinajstić information content (AvgIpc) is 2.76. The summed E-state index contributed by atoms with van der Waals surface area (Å²) in [6, 6.07) is 9.81. The molecule has 1 aromatic carbocycles. The SMILES string of the molecule is Brc1nnc(NCCCOc2ccccc2)s1. The maximum absolute atomic E-state index is 5.57. The molecular weight excluding hydrogens is 302 g/mol. The van der Waals surface area contributed by atoms with Gasteiger partial charge < -0.3 is 10.1 Å². The molecule has 1 N–H and O–H groups in total. The van der Waals surface area contributed by atoms with E-state index in [1.54, 1.807) is 0 Å². The fourth-order valence-corrected chi connectivity index (χ4v) is 2.29. The highest BCUT2D eigenvalue weighted by molar-refractivity contribution is 9.11. The van der Waals surface area contributed by atoms with E-state index in [1.807, 2.05) is 30.3 Å². The van der Waals surface area contributed by atoms with E-state index in [4.69, 9.17) is 4.74 Å². The molecule has 0 amide bonds. The zero-order chi connectivity index (χ0) is 11.9. The summed E-state index contributed by atoms with van der Waals surface area (Å²) in [5, 5.41) is 11.8. The Kier molecular flexibility index (Phi) is 4.75. The monoisotopic (exact) mass is 313 g/mol. The lowest BCUT2D eigenvalue weighted by atomic mass is 10.3. The van der Waals surface area contributed by atoms with E-state index in [0.29, 0.717) is 6.61 Å². The van der Waals surface area contributed by atoms with Crippen molar-refractivity contribution >= 4 is 32.4 Å². The van der Waals surface area contributed by atoms with Gasteiger partial charge in [-0.15, -0.1) is 10.2 Å². The molecule has 0 spiro atoms. The van der Waals surface area contributed by atoms with Crippen LogP contribution < -0.4 is 10.1 Å². The Morgan fingerprint density at radius 2 is 2.06 bits per heavy atom. The Morgan fingerprint density at radius 1 is 1.24 bits per heavy atom. The van der Waals surface area contributed by atoms with Crippen molar-refractivity contribution in [3.63, 3.8) is 0 Å². The first-order valence-electron chi connectivity index (χ1n) is 5.25. The Morgan fingerprint density at radius 3 is 2.76 bits per heavy atom. The van der Waals surface area contributed by atoms with Gasteiger partial charge in [0.25, 0.3) is 0 Å². The van der Waals surface area contributed by atoms with Crippen LogP contribution in [0.25, 0.3) is 0 Å². The molecular formula is C11H12BrN3OS. The van der Waals surface area contributed by atoms with Gasteiger partial charge in [0.15, 0.2) is 3.92 Å². The van der Waals surface area contributed by atoms with Crippen molar-refractivity contribution in [3.05, 3.63) is 34.2 Å². The number of anilines is 1. The second-order valence-electron chi connectivity index (χ2n) is 3.30. The van der Waals surface area contributed by atoms with Crippen LogP contribution in [-0.4, -0.2) is 23.3 Å². The van der Waals surface area contributed by atoms with Gasteiger partial charge in [0.1, 0.15) is 5.75 Å². The minimum absolute atomic E-state index is 0.691. The first-order valence-corrected chi connectivity index (χ1v) is 6.86. The van der Waals surface area contributed by atoms with Crippen molar-refractivity contribution in [1.82, 2.24) is 10.2 Å². The molecule has 1 aromatic heterocycles. The number of benzene rings is 1. The molecule has 0 aliphatic rings. The second-order valence-corrected chi connectivity index (χ2v) is 5.56. The van der Waals surface area contributed by atoms with Gasteiger partial charge in [-0.2, -0.15) is 0 Å². The summed E-state index contributed by atoms with van der Waals surface area (Å²) < 4.78 is 6.36. The van der Waals surface area contributed by atoms with Crippen molar-refractivity contribution < 1.29 is 4.74 Å². The van der Waals surface area contributed by atoms with Crippen molar-refractivity contribution in [2.75, 3.05) is 18.5 Å². The zero-order valence-corrected chi connectivity index (χ0v) is 11.5. The highest BCUT2D eigenvalue weighted by atomic mass is 79.9. The molecule has 2 rings (SSSR count). The minimum atomic E-state index is 0.691. The number of ether oxygens (including phenoxy) is 1. The van der Waals surface area contributed by atoms with Crippen molar-refractivity contribution in [3.8, 4) is 5.75 Å². The highest BCUT2D eigenvalue weighted by Crippen LogP contribution is 2.19. The maximum atomic E-state index is 5.57. The number of halogens is 1. The number of para-hydroxylation sites is 1. The highest BCUT2D eigenvalue weighted by Gasteiger charge is 1.99. The Balaban J connectivity index is 1.61. The molecule has 2 aromatic rings. The first-order chi connectivity index (χ1) is 8.34. The lowest BCUT2D eigenvalue weighted by molar-refractivity contribution is 0.315. The average molecular weight is 314 g/mol. The van der Waals surface area contributed by atoms with E-state index in [2.05, 4.69) is 31.4 Å². The normalized spacial score (nSPS) is 10.2. The quantitative estimate of drug-likeness (QED) is 0.832. The van der Waals surface area contributed by atoms with Crippen molar-refractivity contribution in [2.45, 2.75) is 6.42 Å². The molecule has 4 nitrogen and oxygen atoms in total. The number of nitrogens with one attached hydrogen (secondary N) is 1. The summed E-state index contributed by atoms with van der Waals surface area (Å²) in [6.07, 6.45) is 0.923. The molecule has 0 unspecified atom stereocenters. The standard InChI is InChI=1S/C11H12BrN3OS/c12-10-14-15-11(17-10)13-7-4-8-16-9-5-2-1-3-6-9/h1-3,5-6H,4,7-8H2,(H,13,15). The molecule has 0 bridgehead atoms. The van der Waals surface area contributed by atoms with E-state index in [-0.39, 0.29) is 0 Å². The number of hydrogen-bond donors (Lipinski definition) is 1. The van der Waals surface area contributed by atoms with Gasteiger partial charge in [0.2, 0.25) is 5.13 Å². The fraction of sp³-hybridized carbons (Fsp3) is 0.273. The van der Waals surface area contributed by atoms with E-state index < -0.39 is 0 Å². The molecule has 90 valence electrons. The molecule has 17 heavy (non-hydrogen) atoms. The van der Waals surface area contributed by atoms with Gasteiger partial charge in [0.05, 0.1) is 6.61 Å². The predicted molar refractivity (Wildman–Crippen MR) is 72.7 cm³/mol. The number of aromatic nitrogens is 2. The molecule has 0 aliphatic carbocycles. The topological polar surface area (TPSA) is 47.0 Å². The van der Waals surface area contributed by atoms with Gasteiger partial charge in [-0.3, -0.25) is 0 Å². The smallest absolute Gasteiger partial charge is 0.206 e. The van der Waals surface area contributed by atoms with Crippen LogP contribution >= 0.6 is 27.3 Å². The van der Waals surface area contributed by atoms with Crippen molar-refractivity contribution in [1.29, 1.82) is 0 Å². The third-order valence-corrected chi connectivity index (χ3v) is 3.32. The third-order valence-electron chi connectivity index (χ3n) is 2.01. The predicted octanol–water partition coefficient (Wildman–Crippen LogP) is 3.18. The van der Waals surface area contributed by atoms with E-state index in [9.17, 15) is 0 Å². The first kappa shape index (κ1) is 12.3. The maximum Gasteiger partial charge on any atom is 0.206 e. The second kappa shape index (κ2) is 6.56. The third kappa shape index (κ3) is 4.32. The molecule has 0 aliphatic heterocycles. The lowest BCUT2D eigenvalue weighted by Crippen LogP contribution is -2.07. The summed E-state index contributed by atoms with van der Waals surface area (Å²) in [5.41, 5.74) is 0. The Hall–Kier alpha value is -1.14. The summed E-state index contributed by atoms with van der Waals surface area (Å²) >= 11 is 4.75. The number of nitrogens with zero attached hydrogens (tertiary/aromatic N) is 2. The van der Waals surface area contributed by atoms with Gasteiger partial charge in [-0.25, -0.2) is 0 Å². The van der Waals surface area contributed by atoms with E-state index in [0.717, 1.165) is 27.8 Å². The van der Waals surface area contributed by atoms with Crippen LogP contribution in [0.3, 0.4) is 0 Å². The fourth-order valence-electron chi connectivity index (χ4n) is 1.25. The van der Waals surface area contributed by atoms with Crippen LogP contribution in [0.5, 0.6) is 5.75 Å². The minimum Gasteiger partial charge on any atom is -0.494 e. The number of hydrogen-bond acceptors (Lipinski definition) is 5. The molecule has 0 saturated heterocycles. The van der Waals surface area contributed by atoms with Crippen molar-refractivity contribution in [2.24, 2.45) is 0 Å². The molecule has 1 heterocycles.